The molecule has 3 aromatic carbocycles. The zero-order chi connectivity index (χ0) is 18.6. The van der Waals surface area contributed by atoms with E-state index in [4.69, 9.17) is 0 Å². The van der Waals surface area contributed by atoms with Crippen molar-refractivity contribution in [3.8, 4) is 0 Å². The molecule has 0 spiro atoms. The highest BCUT2D eigenvalue weighted by Gasteiger charge is 2.31. The molecule has 0 saturated carbocycles. The Bertz CT molecular complexity index is 977. The second kappa shape index (κ2) is 7.67. The molecule has 0 radical (unpaired) electrons. The quantitative estimate of drug-likeness (QED) is 0.591. The number of aryl methyl sites for hydroxylation is 1. The van der Waals surface area contributed by atoms with Crippen LogP contribution in [0.5, 0.6) is 0 Å². The predicted molar refractivity (Wildman–Crippen MR) is 103 cm³/mol. The summed E-state index contributed by atoms with van der Waals surface area (Å²) in [5, 5.41) is -0.917. The molecular formula is C22H20O3S. The van der Waals surface area contributed by atoms with Gasteiger partial charge in [0.15, 0.2) is 15.6 Å². The van der Waals surface area contributed by atoms with Gasteiger partial charge in [0.25, 0.3) is 0 Å². The van der Waals surface area contributed by atoms with Crippen LogP contribution < -0.4 is 0 Å². The van der Waals surface area contributed by atoms with Crippen molar-refractivity contribution in [1.82, 2.24) is 0 Å². The summed E-state index contributed by atoms with van der Waals surface area (Å²) in [5.41, 5.74) is 2.13. The molecule has 0 fully saturated rings. The van der Waals surface area contributed by atoms with Crippen LogP contribution in [-0.4, -0.2) is 14.2 Å². The van der Waals surface area contributed by atoms with Crippen molar-refractivity contribution >= 4 is 15.6 Å². The monoisotopic (exact) mass is 364 g/mol. The van der Waals surface area contributed by atoms with E-state index in [2.05, 4.69) is 0 Å². The summed E-state index contributed by atoms with van der Waals surface area (Å²) in [6, 6.07) is 24.5. The van der Waals surface area contributed by atoms with Gasteiger partial charge in [0, 0.05) is 12.0 Å². The van der Waals surface area contributed by atoms with E-state index in [9.17, 15) is 13.2 Å². The van der Waals surface area contributed by atoms with Crippen molar-refractivity contribution in [1.29, 1.82) is 0 Å². The highest BCUT2D eigenvalue weighted by atomic mass is 32.2. The molecule has 0 aromatic heterocycles. The molecule has 3 nitrogen and oxygen atoms in total. The minimum absolute atomic E-state index is 0.0930. The number of benzene rings is 3. The van der Waals surface area contributed by atoms with Crippen molar-refractivity contribution in [2.24, 2.45) is 0 Å². The average molecular weight is 364 g/mol. The van der Waals surface area contributed by atoms with Gasteiger partial charge in [0.1, 0.15) is 0 Å². The second-order valence-electron chi connectivity index (χ2n) is 6.25. The van der Waals surface area contributed by atoms with Crippen molar-refractivity contribution < 1.29 is 13.2 Å². The van der Waals surface area contributed by atoms with Crippen LogP contribution in [0.25, 0.3) is 0 Å². The molecule has 0 N–H and O–H groups in total. The maximum absolute atomic E-state index is 13.3. The van der Waals surface area contributed by atoms with Gasteiger partial charge in [-0.2, -0.15) is 0 Å². The fraction of sp³-hybridized carbons (Fsp3) is 0.136. The number of rotatable bonds is 6. The molecule has 0 aliphatic heterocycles. The Kier molecular flexibility index (Phi) is 5.33. The van der Waals surface area contributed by atoms with E-state index in [0.717, 1.165) is 5.56 Å². The highest BCUT2D eigenvalue weighted by molar-refractivity contribution is 7.91. The number of ketones is 1. The molecule has 4 heteroatoms. The van der Waals surface area contributed by atoms with Crippen LogP contribution in [-0.2, 0) is 9.84 Å². The topological polar surface area (TPSA) is 51.2 Å². The first kappa shape index (κ1) is 18.1. The van der Waals surface area contributed by atoms with E-state index in [1.807, 2.05) is 19.1 Å². The summed E-state index contributed by atoms with van der Waals surface area (Å²) in [7, 11) is -3.69. The molecule has 0 bridgehead atoms. The van der Waals surface area contributed by atoms with E-state index in [1.54, 1.807) is 72.8 Å². The van der Waals surface area contributed by atoms with Crippen LogP contribution in [0.1, 0.15) is 33.2 Å². The minimum atomic E-state index is -3.69. The Labute approximate surface area is 154 Å². The fourth-order valence-electron chi connectivity index (χ4n) is 2.88. The van der Waals surface area contributed by atoms with Crippen molar-refractivity contribution in [3.63, 3.8) is 0 Å². The minimum Gasteiger partial charge on any atom is -0.294 e. The molecule has 3 aromatic rings. The van der Waals surface area contributed by atoms with Crippen LogP contribution in [0.4, 0.5) is 0 Å². The second-order valence-corrected chi connectivity index (χ2v) is 8.38. The first-order valence-corrected chi connectivity index (χ1v) is 9.97. The van der Waals surface area contributed by atoms with Gasteiger partial charge >= 0.3 is 0 Å². The smallest absolute Gasteiger partial charge is 0.185 e. The lowest BCUT2D eigenvalue weighted by atomic mass is 10.0. The van der Waals surface area contributed by atoms with Gasteiger partial charge in [-0.3, -0.25) is 4.79 Å². The molecule has 0 aliphatic rings. The van der Waals surface area contributed by atoms with Crippen molar-refractivity contribution in [3.05, 3.63) is 102 Å². The summed E-state index contributed by atoms with van der Waals surface area (Å²) < 4.78 is 26.5. The predicted octanol–water partition coefficient (Wildman–Crippen LogP) is 4.78. The Morgan fingerprint density at radius 1 is 0.808 bits per heavy atom. The molecule has 26 heavy (non-hydrogen) atoms. The van der Waals surface area contributed by atoms with Crippen LogP contribution in [0.2, 0.25) is 0 Å². The van der Waals surface area contributed by atoms with Gasteiger partial charge < -0.3 is 0 Å². The summed E-state index contributed by atoms with van der Waals surface area (Å²) in [6.07, 6.45) is -0.0930. The Morgan fingerprint density at radius 2 is 1.35 bits per heavy atom. The maximum atomic E-state index is 13.3. The van der Waals surface area contributed by atoms with Gasteiger partial charge in [-0.05, 0) is 24.6 Å². The SMILES string of the molecule is Cc1ccc(S(=O)(=O)[C@@H](CC(=O)c2ccccc2)c2ccccc2)cc1. The summed E-state index contributed by atoms with van der Waals surface area (Å²) in [5.74, 6) is -0.185. The molecule has 3 rings (SSSR count). The number of carbonyl (C=O) groups excluding carboxylic acids is 1. The Morgan fingerprint density at radius 3 is 1.92 bits per heavy atom. The third kappa shape index (κ3) is 3.92. The van der Waals surface area contributed by atoms with Crippen LogP contribution in [0, 0.1) is 6.92 Å². The first-order chi connectivity index (χ1) is 12.5. The van der Waals surface area contributed by atoms with Crippen molar-refractivity contribution in [2.45, 2.75) is 23.5 Å². The van der Waals surface area contributed by atoms with Gasteiger partial charge in [-0.15, -0.1) is 0 Å². The zero-order valence-corrected chi connectivity index (χ0v) is 15.3. The van der Waals surface area contributed by atoms with E-state index >= 15 is 0 Å². The molecule has 0 heterocycles. The molecule has 0 saturated heterocycles. The number of sulfone groups is 1. The van der Waals surface area contributed by atoms with E-state index < -0.39 is 15.1 Å². The lowest BCUT2D eigenvalue weighted by Gasteiger charge is -2.18. The van der Waals surface area contributed by atoms with E-state index in [-0.39, 0.29) is 17.1 Å². The van der Waals surface area contributed by atoms with Gasteiger partial charge in [-0.25, -0.2) is 8.42 Å². The number of Topliss-reactive ketones (excluding diaryl/α,β-unsaturated/α-hetero) is 1. The summed E-state index contributed by atoms with van der Waals surface area (Å²) in [4.78, 5) is 12.9. The molecule has 1 atom stereocenters. The number of carbonyl (C=O) groups is 1. The van der Waals surface area contributed by atoms with Gasteiger partial charge in [0.05, 0.1) is 10.1 Å². The Balaban J connectivity index is 2.01. The molecule has 0 unspecified atom stereocenters. The molecule has 132 valence electrons. The van der Waals surface area contributed by atoms with Crippen LogP contribution >= 0.6 is 0 Å². The third-order valence-electron chi connectivity index (χ3n) is 4.36. The normalized spacial score (nSPS) is 12.5. The third-order valence-corrected chi connectivity index (χ3v) is 6.48. The molecular weight excluding hydrogens is 344 g/mol. The van der Waals surface area contributed by atoms with Crippen LogP contribution in [0.15, 0.2) is 89.8 Å². The Hall–Kier alpha value is -2.72. The summed E-state index contributed by atoms with van der Waals surface area (Å²) in [6.45, 7) is 1.91. The number of hydrogen-bond donors (Lipinski definition) is 0. The zero-order valence-electron chi connectivity index (χ0n) is 14.5. The largest absolute Gasteiger partial charge is 0.294 e. The number of hydrogen-bond acceptors (Lipinski definition) is 3. The fourth-order valence-corrected chi connectivity index (χ4v) is 4.61. The van der Waals surface area contributed by atoms with Gasteiger partial charge in [-0.1, -0.05) is 78.4 Å². The summed E-state index contributed by atoms with van der Waals surface area (Å²) >= 11 is 0. The molecule has 0 aliphatic carbocycles. The average Bonchev–Trinajstić information content (AvgIpc) is 2.67. The van der Waals surface area contributed by atoms with Crippen LogP contribution in [0.3, 0.4) is 0 Å². The standard InChI is InChI=1S/C22H20O3S/c1-17-12-14-20(15-13-17)26(24,25)22(19-10-6-3-7-11-19)16-21(23)18-8-4-2-5-9-18/h2-15,22H,16H2,1H3/t22-/m0/s1. The van der Waals surface area contributed by atoms with Crippen molar-refractivity contribution in [2.75, 3.05) is 0 Å². The highest BCUT2D eigenvalue weighted by Crippen LogP contribution is 2.33. The van der Waals surface area contributed by atoms with E-state index in [0.29, 0.717) is 11.1 Å². The lowest BCUT2D eigenvalue weighted by Crippen LogP contribution is -2.18. The first-order valence-electron chi connectivity index (χ1n) is 8.42. The van der Waals surface area contributed by atoms with Gasteiger partial charge in [0.2, 0.25) is 0 Å². The lowest BCUT2D eigenvalue weighted by molar-refractivity contribution is 0.0980. The maximum Gasteiger partial charge on any atom is 0.185 e. The van der Waals surface area contributed by atoms with E-state index in [1.165, 1.54) is 0 Å². The molecule has 0 amide bonds.